The Morgan fingerprint density at radius 2 is 2.11 bits per heavy atom. The molecule has 0 aromatic heterocycles. The fourth-order valence-electron chi connectivity index (χ4n) is 3.15. The Bertz CT molecular complexity index is 293. The van der Waals surface area contributed by atoms with Crippen LogP contribution in [0.3, 0.4) is 0 Å². The maximum absolute atomic E-state index is 14.3. The van der Waals surface area contributed by atoms with Crippen LogP contribution in [0.5, 0.6) is 0 Å². The first kappa shape index (κ1) is 15.4. The lowest BCUT2D eigenvalue weighted by Gasteiger charge is -2.45. The summed E-state index contributed by atoms with van der Waals surface area (Å²) in [4.78, 5) is 11.6. The third kappa shape index (κ3) is 3.02. The number of carbonyl (C=O) groups excluding carboxylic acids is 1. The molecule has 0 aliphatic heterocycles. The number of carbonyl (C=O) groups is 1. The summed E-state index contributed by atoms with van der Waals surface area (Å²) >= 11 is 0. The van der Waals surface area contributed by atoms with E-state index in [0.29, 0.717) is 6.42 Å². The van der Waals surface area contributed by atoms with Crippen molar-refractivity contribution in [3.63, 3.8) is 0 Å². The van der Waals surface area contributed by atoms with E-state index in [9.17, 15) is 14.3 Å². The molecular weight excluding hydrogens is 235 g/mol. The fourth-order valence-corrected chi connectivity index (χ4v) is 3.15. The molecule has 0 spiro atoms. The van der Waals surface area contributed by atoms with Crippen LogP contribution in [0.2, 0.25) is 0 Å². The molecule has 0 bridgehead atoms. The van der Waals surface area contributed by atoms with E-state index in [-0.39, 0.29) is 24.4 Å². The minimum absolute atomic E-state index is 0.136. The number of halogens is 1. The first-order valence-electron chi connectivity index (χ1n) is 6.86. The van der Waals surface area contributed by atoms with Crippen molar-refractivity contribution in [2.75, 3.05) is 6.61 Å². The molecule has 3 nitrogen and oxygen atoms in total. The van der Waals surface area contributed by atoms with Gasteiger partial charge in [-0.25, -0.2) is 9.18 Å². The maximum Gasteiger partial charge on any atom is 0.343 e. The molecule has 4 heteroatoms. The van der Waals surface area contributed by atoms with Crippen LogP contribution < -0.4 is 0 Å². The van der Waals surface area contributed by atoms with Gasteiger partial charge in [-0.05, 0) is 37.5 Å². The van der Waals surface area contributed by atoms with E-state index in [2.05, 4.69) is 0 Å². The second kappa shape index (κ2) is 6.00. The zero-order valence-corrected chi connectivity index (χ0v) is 11.8. The zero-order valence-electron chi connectivity index (χ0n) is 11.8. The summed E-state index contributed by atoms with van der Waals surface area (Å²) in [5, 5.41) is 10.7. The molecule has 0 aromatic rings. The Morgan fingerprint density at radius 1 is 1.50 bits per heavy atom. The van der Waals surface area contributed by atoms with Crippen molar-refractivity contribution in [2.45, 2.75) is 58.7 Å². The molecule has 0 heterocycles. The fraction of sp³-hybridized carbons (Fsp3) is 0.929. The Morgan fingerprint density at radius 3 is 2.61 bits per heavy atom. The molecule has 1 saturated carbocycles. The number of aliphatic hydroxyl groups is 1. The molecule has 1 aliphatic rings. The van der Waals surface area contributed by atoms with Gasteiger partial charge in [0.05, 0.1) is 6.61 Å². The van der Waals surface area contributed by atoms with Crippen molar-refractivity contribution in [1.29, 1.82) is 0 Å². The lowest BCUT2D eigenvalue weighted by atomic mass is 9.65. The van der Waals surface area contributed by atoms with Crippen molar-refractivity contribution >= 4 is 5.97 Å². The maximum atomic E-state index is 14.3. The molecule has 4 unspecified atom stereocenters. The van der Waals surface area contributed by atoms with E-state index in [1.54, 1.807) is 6.92 Å². The number of hydrogen-bond donors (Lipinski definition) is 1. The van der Waals surface area contributed by atoms with Crippen LogP contribution in [-0.4, -0.2) is 29.5 Å². The van der Waals surface area contributed by atoms with Crippen LogP contribution >= 0.6 is 0 Å². The molecule has 4 atom stereocenters. The Balaban J connectivity index is 2.92. The standard InChI is InChI=1S/C14H25FO3/c1-5-18-13(16)12(15)14(17)8-10(4)6-7-11(14)9(2)3/h9-12,17H,5-8H2,1-4H3. The summed E-state index contributed by atoms with van der Waals surface area (Å²) in [5.41, 5.74) is -1.57. The zero-order chi connectivity index (χ0) is 13.9. The van der Waals surface area contributed by atoms with Gasteiger partial charge in [0.15, 0.2) is 0 Å². The molecule has 0 saturated heterocycles. The van der Waals surface area contributed by atoms with Gasteiger partial charge in [-0.15, -0.1) is 0 Å². The number of esters is 1. The van der Waals surface area contributed by atoms with Gasteiger partial charge in [0.1, 0.15) is 5.60 Å². The van der Waals surface area contributed by atoms with E-state index in [1.807, 2.05) is 20.8 Å². The number of hydrogen-bond acceptors (Lipinski definition) is 3. The van der Waals surface area contributed by atoms with Crippen molar-refractivity contribution in [2.24, 2.45) is 17.8 Å². The average Bonchev–Trinajstić information content (AvgIpc) is 2.27. The van der Waals surface area contributed by atoms with Gasteiger partial charge in [-0.1, -0.05) is 27.2 Å². The first-order chi connectivity index (χ1) is 8.32. The number of ether oxygens (including phenoxy) is 1. The minimum atomic E-state index is -1.94. The third-order valence-electron chi connectivity index (χ3n) is 4.03. The minimum Gasteiger partial charge on any atom is -0.464 e. The van der Waals surface area contributed by atoms with E-state index >= 15 is 0 Å². The molecule has 106 valence electrons. The highest BCUT2D eigenvalue weighted by molar-refractivity contribution is 5.76. The first-order valence-corrected chi connectivity index (χ1v) is 6.86. The molecule has 0 amide bonds. The summed E-state index contributed by atoms with van der Waals surface area (Å²) in [5.74, 6) is -0.735. The number of alkyl halides is 1. The van der Waals surface area contributed by atoms with Crippen LogP contribution in [0.25, 0.3) is 0 Å². The highest BCUT2D eigenvalue weighted by atomic mass is 19.1. The Hall–Kier alpha value is -0.640. The predicted molar refractivity (Wildman–Crippen MR) is 67.8 cm³/mol. The van der Waals surface area contributed by atoms with Crippen LogP contribution in [-0.2, 0) is 9.53 Å². The summed E-state index contributed by atoms with van der Waals surface area (Å²) in [6, 6.07) is 0. The van der Waals surface area contributed by atoms with E-state index < -0.39 is 17.7 Å². The highest BCUT2D eigenvalue weighted by Crippen LogP contribution is 2.44. The van der Waals surface area contributed by atoms with Gasteiger partial charge >= 0.3 is 5.97 Å². The monoisotopic (exact) mass is 260 g/mol. The number of rotatable bonds is 4. The van der Waals surface area contributed by atoms with Gasteiger partial charge in [0.2, 0.25) is 6.17 Å². The van der Waals surface area contributed by atoms with E-state index in [4.69, 9.17) is 4.74 Å². The second-order valence-corrected chi connectivity index (χ2v) is 5.84. The lowest BCUT2D eigenvalue weighted by Crippen LogP contribution is -2.55. The summed E-state index contributed by atoms with van der Waals surface area (Å²) in [7, 11) is 0. The molecule has 1 N–H and O–H groups in total. The largest absolute Gasteiger partial charge is 0.464 e. The van der Waals surface area contributed by atoms with Crippen molar-refractivity contribution < 1.29 is 19.0 Å². The quantitative estimate of drug-likeness (QED) is 0.791. The highest BCUT2D eigenvalue weighted by Gasteiger charge is 2.52. The molecule has 0 radical (unpaired) electrons. The predicted octanol–water partition coefficient (Wildman–Crippen LogP) is 2.71. The van der Waals surface area contributed by atoms with E-state index in [1.165, 1.54) is 0 Å². The second-order valence-electron chi connectivity index (χ2n) is 5.84. The molecule has 1 fully saturated rings. The summed E-state index contributed by atoms with van der Waals surface area (Å²) in [6.07, 6.45) is 0.124. The van der Waals surface area contributed by atoms with Gasteiger partial charge < -0.3 is 9.84 Å². The van der Waals surface area contributed by atoms with Gasteiger partial charge in [0, 0.05) is 0 Å². The SMILES string of the molecule is CCOC(=O)C(F)C1(O)CC(C)CCC1C(C)C. The van der Waals surface area contributed by atoms with Gasteiger partial charge in [0.25, 0.3) is 0 Å². The van der Waals surface area contributed by atoms with E-state index in [0.717, 1.165) is 12.8 Å². The average molecular weight is 260 g/mol. The Kier molecular flexibility index (Phi) is 5.14. The van der Waals surface area contributed by atoms with Crippen LogP contribution in [0.4, 0.5) is 4.39 Å². The third-order valence-corrected chi connectivity index (χ3v) is 4.03. The van der Waals surface area contributed by atoms with Crippen molar-refractivity contribution in [3.8, 4) is 0 Å². The molecular formula is C14H25FO3. The van der Waals surface area contributed by atoms with Crippen LogP contribution in [0.15, 0.2) is 0 Å². The van der Waals surface area contributed by atoms with Crippen LogP contribution in [0.1, 0.15) is 47.0 Å². The van der Waals surface area contributed by atoms with Gasteiger partial charge in [-0.2, -0.15) is 0 Å². The molecule has 18 heavy (non-hydrogen) atoms. The molecule has 0 aromatic carbocycles. The lowest BCUT2D eigenvalue weighted by molar-refractivity contribution is -0.176. The Labute approximate surface area is 109 Å². The van der Waals surface area contributed by atoms with Crippen LogP contribution in [0, 0.1) is 17.8 Å². The van der Waals surface area contributed by atoms with Crippen molar-refractivity contribution in [1.82, 2.24) is 0 Å². The summed E-state index contributed by atoms with van der Waals surface area (Å²) in [6.45, 7) is 7.68. The summed E-state index contributed by atoms with van der Waals surface area (Å²) < 4.78 is 19.0. The topological polar surface area (TPSA) is 46.5 Å². The molecule has 1 rings (SSSR count). The van der Waals surface area contributed by atoms with Crippen molar-refractivity contribution in [3.05, 3.63) is 0 Å². The van der Waals surface area contributed by atoms with Gasteiger partial charge in [-0.3, -0.25) is 0 Å². The molecule has 1 aliphatic carbocycles. The smallest absolute Gasteiger partial charge is 0.343 e. The normalized spacial score (nSPS) is 34.4.